The number of nitrogens with zero attached hydrogens (tertiary/aromatic N) is 1. The Bertz CT molecular complexity index is 543. The van der Waals surface area contributed by atoms with Crippen molar-refractivity contribution in [3.63, 3.8) is 0 Å². The molecule has 0 saturated heterocycles. The van der Waals surface area contributed by atoms with Crippen LogP contribution in [0, 0.1) is 12.7 Å². The molecule has 0 unspecified atom stereocenters. The second kappa shape index (κ2) is 5.60. The molecule has 1 heterocycles. The molecular formula is C14H15FN2O. The van der Waals surface area contributed by atoms with Crippen molar-refractivity contribution in [1.82, 2.24) is 4.98 Å². The number of aromatic nitrogens is 1. The number of hydrogen-bond acceptors (Lipinski definition) is 3. The van der Waals surface area contributed by atoms with Crippen molar-refractivity contribution in [3.8, 4) is 5.75 Å². The number of halogens is 1. The summed E-state index contributed by atoms with van der Waals surface area (Å²) in [4.78, 5) is 4.06. The summed E-state index contributed by atoms with van der Waals surface area (Å²) in [6, 6.07) is 6.71. The topological polar surface area (TPSA) is 48.1 Å². The van der Waals surface area contributed by atoms with Crippen LogP contribution in [0.3, 0.4) is 0 Å². The first-order valence-corrected chi connectivity index (χ1v) is 5.71. The van der Waals surface area contributed by atoms with Gasteiger partial charge in [-0.3, -0.25) is 4.98 Å². The highest BCUT2D eigenvalue weighted by Gasteiger charge is 2.04. The lowest BCUT2D eigenvalue weighted by Gasteiger charge is -2.08. The van der Waals surface area contributed by atoms with E-state index in [1.165, 1.54) is 6.07 Å². The van der Waals surface area contributed by atoms with Crippen LogP contribution in [0.5, 0.6) is 5.75 Å². The molecular weight excluding hydrogens is 231 g/mol. The van der Waals surface area contributed by atoms with Gasteiger partial charge in [0.05, 0.1) is 0 Å². The Morgan fingerprint density at radius 1 is 1.22 bits per heavy atom. The fourth-order valence-electron chi connectivity index (χ4n) is 1.65. The average molecular weight is 246 g/mol. The van der Waals surface area contributed by atoms with Gasteiger partial charge in [0.2, 0.25) is 0 Å². The van der Waals surface area contributed by atoms with Gasteiger partial charge in [0.25, 0.3) is 0 Å². The maximum atomic E-state index is 13.6. The van der Waals surface area contributed by atoms with Crippen molar-refractivity contribution >= 4 is 0 Å². The Balaban J connectivity index is 2.06. The zero-order valence-corrected chi connectivity index (χ0v) is 10.2. The van der Waals surface area contributed by atoms with Crippen molar-refractivity contribution in [2.24, 2.45) is 5.73 Å². The third-order valence-corrected chi connectivity index (χ3v) is 2.56. The largest absolute Gasteiger partial charge is 0.486 e. The monoisotopic (exact) mass is 246 g/mol. The predicted molar refractivity (Wildman–Crippen MR) is 67.6 cm³/mol. The van der Waals surface area contributed by atoms with Crippen molar-refractivity contribution in [3.05, 3.63) is 59.2 Å². The van der Waals surface area contributed by atoms with Gasteiger partial charge >= 0.3 is 0 Å². The standard InChI is InChI=1S/C14H15FN2O/c1-10-4-12(8-17-7-10)9-18-14-3-2-11(6-16)5-13(14)15/h2-5,7-8H,6,9,16H2,1H3. The quantitative estimate of drug-likeness (QED) is 0.902. The van der Waals surface area contributed by atoms with Crippen LogP contribution < -0.4 is 10.5 Å². The van der Waals surface area contributed by atoms with Gasteiger partial charge < -0.3 is 10.5 Å². The zero-order chi connectivity index (χ0) is 13.0. The predicted octanol–water partition coefficient (Wildman–Crippen LogP) is 2.57. The van der Waals surface area contributed by atoms with E-state index in [2.05, 4.69) is 4.98 Å². The Kier molecular flexibility index (Phi) is 3.89. The number of rotatable bonds is 4. The van der Waals surface area contributed by atoms with E-state index in [-0.39, 0.29) is 5.75 Å². The molecule has 94 valence electrons. The van der Waals surface area contributed by atoms with Gasteiger partial charge in [0.15, 0.2) is 11.6 Å². The van der Waals surface area contributed by atoms with E-state index >= 15 is 0 Å². The summed E-state index contributed by atoms with van der Waals surface area (Å²) in [6.45, 7) is 2.57. The van der Waals surface area contributed by atoms with Crippen LogP contribution >= 0.6 is 0 Å². The van der Waals surface area contributed by atoms with Gasteiger partial charge in [-0.15, -0.1) is 0 Å². The van der Waals surface area contributed by atoms with Gasteiger partial charge in [0.1, 0.15) is 6.61 Å². The molecule has 2 aromatic rings. The Labute approximate surface area is 105 Å². The van der Waals surface area contributed by atoms with E-state index in [9.17, 15) is 4.39 Å². The molecule has 0 fully saturated rings. The second-order valence-corrected chi connectivity index (χ2v) is 4.13. The highest BCUT2D eigenvalue weighted by molar-refractivity contribution is 5.29. The smallest absolute Gasteiger partial charge is 0.165 e. The van der Waals surface area contributed by atoms with Crippen LogP contribution in [-0.2, 0) is 13.2 Å². The van der Waals surface area contributed by atoms with Crippen LogP contribution in [0.25, 0.3) is 0 Å². The molecule has 18 heavy (non-hydrogen) atoms. The third kappa shape index (κ3) is 3.05. The van der Waals surface area contributed by atoms with Gasteiger partial charge in [-0.25, -0.2) is 4.39 Å². The van der Waals surface area contributed by atoms with E-state index in [1.54, 1.807) is 24.5 Å². The summed E-state index contributed by atoms with van der Waals surface area (Å²) in [5.41, 5.74) is 8.15. The molecule has 0 saturated carbocycles. The van der Waals surface area contributed by atoms with E-state index in [4.69, 9.17) is 10.5 Å². The molecule has 0 spiro atoms. The minimum Gasteiger partial charge on any atom is -0.486 e. The fraction of sp³-hybridized carbons (Fsp3) is 0.214. The SMILES string of the molecule is Cc1cncc(COc2ccc(CN)cc2F)c1. The molecule has 0 radical (unpaired) electrons. The molecule has 1 aromatic carbocycles. The molecule has 1 aromatic heterocycles. The summed E-state index contributed by atoms with van der Waals surface area (Å²) in [6.07, 6.45) is 3.47. The Hall–Kier alpha value is -1.94. The first-order valence-electron chi connectivity index (χ1n) is 5.71. The van der Waals surface area contributed by atoms with Gasteiger partial charge in [-0.2, -0.15) is 0 Å². The maximum absolute atomic E-state index is 13.6. The van der Waals surface area contributed by atoms with E-state index in [0.29, 0.717) is 13.2 Å². The summed E-state index contributed by atoms with van der Waals surface area (Å²) in [5.74, 6) is -0.160. The Morgan fingerprint density at radius 3 is 2.72 bits per heavy atom. The van der Waals surface area contributed by atoms with Crippen LogP contribution in [0.2, 0.25) is 0 Å². The lowest BCUT2D eigenvalue weighted by molar-refractivity contribution is 0.289. The number of benzene rings is 1. The van der Waals surface area contributed by atoms with Gasteiger partial charge in [-0.05, 0) is 36.2 Å². The summed E-state index contributed by atoms with van der Waals surface area (Å²) >= 11 is 0. The molecule has 0 bridgehead atoms. The van der Waals surface area contributed by atoms with Crippen molar-refractivity contribution in [2.45, 2.75) is 20.1 Å². The van der Waals surface area contributed by atoms with Crippen LogP contribution in [-0.4, -0.2) is 4.98 Å². The molecule has 0 aliphatic heterocycles. The molecule has 3 nitrogen and oxygen atoms in total. The Morgan fingerprint density at radius 2 is 2.06 bits per heavy atom. The molecule has 0 atom stereocenters. The van der Waals surface area contributed by atoms with E-state index in [1.807, 2.05) is 13.0 Å². The average Bonchev–Trinajstić information content (AvgIpc) is 2.37. The second-order valence-electron chi connectivity index (χ2n) is 4.13. The summed E-state index contributed by atoms with van der Waals surface area (Å²) < 4.78 is 19.0. The minimum atomic E-state index is -0.390. The molecule has 4 heteroatoms. The molecule has 2 rings (SSSR count). The summed E-state index contributed by atoms with van der Waals surface area (Å²) in [7, 11) is 0. The van der Waals surface area contributed by atoms with E-state index in [0.717, 1.165) is 16.7 Å². The van der Waals surface area contributed by atoms with Crippen LogP contribution in [0.15, 0.2) is 36.7 Å². The fourth-order valence-corrected chi connectivity index (χ4v) is 1.65. The van der Waals surface area contributed by atoms with Crippen molar-refractivity contribution < 1.29 is 9.13 Å². The number of pyridine rings is 1. The van der Waals surface area contributed by atoms with Gasteiger partial charge in [0, 0.05) is 24.5 Å². The van der Waals surface area contributed by atoms with Crippen molar-refractivity contribution in [1.29, 1.82) is 0 Å². The number of aryl methyl sites for hydroxylation is 1. The lowest BCUT2D eigenvalue weighted by atomic mass is 10.2. The molecule has 0 aliphatic rings. The zero-order valence-electron chi connectivity index (χ0n) is 10.2. The molecule has 0 aliphatic carbocycles. The van der Waals surface area contributed by atoms with E-state index < -0.39 is 5.82 Å². The number of ether oxygens (including phenoxy) is 1. The van der Waals surface area contributed by atoms with Gasteiger partial charge in [-0.1, -0.05) is 6.07 Å². The first kappa shape index (κ1) is 12.5. The lowest BCUT2D eigenvalue weighted by Crippen LogP contribution is -2.01. The highest BCUT2D eigenvalue weighted by atomic mass is 19.1. The van der Waals surface area contributed by atoms with Crippen LogP contribution in [0.1, 0.15) is 16.7 Å². The van der Waals surface area contributed by atoms with Crippen molar-refractivity contribution in [2.75, 3.05) is 0 Å². The van der Waals surface area contributed by atoms with Crippen LogP contribution in [0.4, 0.5) is 4.39 Å². The normalized spacial score (nSPS) is 10.4. The molecule has 2 N–H and O–H groups in total. The highest BCUT2D eigenvalue weighted by Crippen LogP contribution is 2.19. The maximum Gasteiger partial charge on any atom is 0.165 e. The molecule has 0 amide bonds. The number of nitrogens with two attached hydrogens (primary N) is 1. The third-order valence-electron chi connectivity index (χ3n) is 2.56. The summed E-state index contributed by atoms with van der Waals surface area (Å²) in [5, 5.41) is 0. The number of hydrogen-bond donors (Lipinski definition) is 1. The first-order chi connectivity index (χ1) is 8.69. The minimum absolute atomic E-state index is 0.230.